The maximum absolute atomic E-state index is 13.1. The van der Waals surface area contributed by atoms with Gasteiger partial charge in [0, 0.05) is 29.4 Å². The molecule has 34 heavy (non-hydrogen) atoms. The lowest BCUT2D eigenvalue weighted by Gasteiger charge is -2.26. The fraction of sp³-hybridized carbons (Fsp3) is 0.231. The van der Waals surface area contributed by atoms with Crippen LogP contribution in [0, 0.1) is 5.82 Å². The summed E-state index contributed by atoms with van der Waals surface area (Å²) in [5.41, 5.74) is 2.16. The van der Waals surface area contributed by atoms with Crippen LogP contribution in [0.2, 0.25) is 0 Å². The quantitative estimate of drug-likeness (QED) is 0.477. The molecule has 0 saturated carbocycles. The standard InChI is InChI=1S/C26H25FN2O4S/c27-20-7-5-19(6-8-20)18-34-24-4-2-1-3-23(24)26(31)28-21-9-11-22(12-10-21)33-17-25(30)29-13-15-32-16-14-29/h1-12H,13-18H2,(H,28,31). The van der Waals surface area contributed by atoms with Gasteiger partial charge in [-0.3, -0.25) is 9.59 Å². The number of ether oxygens (including phenoxy) is 2. The van der Waals surface area contributed by atoms with Crippen LogP contribution >= 0.6 is 11.8 Å². The molecule has 0 aromatic heterocycles. The summed E-state index contributed by atoms with van der Waals surface area (Å²) in [5.74, 6) is 0.608. The third kappa shape index (κ3) is 6.59. The van der Waals surface area contributed by atoms with E-state index in [9.17, 15) is 14.0 Å². The van der Waals surface area contributed by atoms with E-state index in [1.165, 1.54) is 23.9 Å². The van der Waals surface area contributed by atoms with E-state index in [2.05, 4.69) is 5.32 Å². The second kappa shape index (κ2) is 11.7. The van der Waals surface area contributed by atoms with Gasteiger partial charge in [0.15, 0.2) is 6.61 Å². The first-order valence-electron chi connectivity index (χ1n) is 10.9. The normalized spacial score (nSPS) is 13.4. The zero-order chi connectivity index (χ0) is 23.8. The zero-order valence-corrected chi connectivity index (χ0v) is 19.4. The molecule has 0 bridgehead atoms. The number of halogens is 1. The minimum atomic E-state index is -0.270. The van der Waals surface area contributed by atoms with Crippen molar-refractivity contribution in [1.29, 1.82) is 0 Å². The van der Waals surface area contributed by atoms with Gasteiger partial charge in [0.05, 0.1) is 18.8 Å². The summed E-state index contributed by atoms with van der Waals surface area (Å²) in [4.78, 5) is 27.7. The maximum Gasteiger partial charge on any atom is 0.260 e. The molecular formula is C26H25FN2O4S. The highest BCUT2D eigenvalue weighted by atomic mass is 32.2. The average molecular weight is 481 g/mol. The lowest BCUT2D eigenvalue weighted by molar-refractivity contribution is -0.137. The predicted molar refractivity (Wildman–Crippen MR) is 130 cm³/mol. The number of carbonyl (C=O) groups is 2. The molecule has 3 aromatic carbocycles. The van der Waals surface area contributed by atoms with E-state index in [1.807, 2.05) is 18.2 Å². The summed E-state index contributed by atoms with van der Waals surface area (Å²) >= 11 is 1.52. The van der Waals surface area contributed by atoms with Crippen molar-refractivity contribution in [3.8, 4) is 5.75 Å². The van der Waals surface area contributed by atoms with Gasteiger partial charge in [-0.25, -0.2) is 4.39 Å². The van der Waals surface area contributed by atoms with Gasteiger partial charge in [-0.15, -0.1) is 11.8 Å². The van der Waals surface area contributed by atoms with Gasteiger partial charge in [-0.1, -0.05) is 24.3 Å². The number of nitrogens with one attached hydrogen (secondary N) is 1. The van der Waals surface area contributed by atoms with Crippen molar-refractivity contribution >= 4 is 29.3 Å². The molecule has 176 valence electrons. The molecule has 0 aliphatic carbocycles. The van der Waals surface area contributed by atoms with Crippen LogP contribution in [-0.2, 0) is 15.3 Å². The molecule has 3 aromatic rings. The summed E-state index contributed by atoms with van der Waals surface area (Å²) in [6.45, 7) is 2.22. The number of hydrogen-bond acceptors (Lipinski definition) is 5. The molecule has 1 aliphatic heterocycles. The van der Waals surface area contributed by atoms with Gasteiger partial charge in [0.2, 0.25) is 0 Å². The minimum Gasteiger partial charge on any atom is -0.484 e. The highest BCUT2D eigenvalue weighted by Crippen LogP contribution is 2.27. The van der Waals surface area contributed by atoms with E-state index >= 15 is 0 Å². The Hall–Kier alpha value is -3.36. The van der Waals surface area contributed by atoms with Crippen molar-refractivity contribution in [3.05, 3.63) is 89.7 Å². The molecule has 4 rings (SSSR count). The average Bonchev–Trinajstić information content (AvgIpc) is 2.88. The lowest BCUT2D eigenvalue weighted by atomic mass is 10.2. The van der Waals surface area contributed by atoms with E-state index < -0.39 is 0 Å². The molecule has 6 nitrogen and oxygen atoms in total. The maximum atomic E-state index is 13.1. The fourth-order valence-corrected chi connectivity index (χ4v) is 4.41. The van der Waals surface area contributed by atoms with Gasteiger partial charge in [0.25, 0.3) is 11.8 Å². The third-order valence-corrected chi connectivity index (χ3v) is 6.42. The molecule has 1 saturated heterocycles. The molecular weight excluding hydrogens is 455 g/mol. The number of rotatable bonds is 8. The Morgan fingerprint density at radius 2 is 1.68 bits per heavy atom. The minimum absolute atomic E-state index is 0.0373. The summed E-state index contributed by atoms with van der Waals surface area (Å²) in [5, 5.41) is 2.90. The highest BCUT2D eigenvalue weighted by molar-refractivity contribution is 7.98. The van der Waals surface area contributed by atoms with Crippen molar-refractivity contribution in [2.75, 3.05) is 38.2 Å². The van der Waals surface area contributed by atoms with Crippen molar-refractivity contribution in [2.24, 2.45) is 0 Å². The van der Waals surface area contributed by atoms with Crippen molar-refractivity contribution in [1.82, 2.24) is 4.90 Å². The molecule has 1 N–H and O–H groups in total. The lowest BCUT2D eigenvalue weighted by Crippen LogP contribution is -2.42. The Kier molecular flexibility index (Phi) is 8.17. The number of morpholine rings is 1. The summed E-state index contributed by atoms with van der Waals surface area (Å²) in [7, 11) is 0. The van der Waals surface area contributed by atoms with E-state index in [-0.39, 0.29) is 24.2 Å². The Labute approximate surface area is 202 Å². The molecule has 1 heterocycles. The van der Waals surface area contributed by atoms with Crippen LogP contribution in [-0.4, -0.2) is 49.6 Å². The number of anilines is 1. The third-order valence-electron chi connectivity index (χ3n) is 5.28. The van der Waals surface area contributed by atoms with Crippen LogP contribution in [0.4, 0.5) is 10.1 Å². The van der Waals surface area contributed by atoms with Gasteiger partial charge in [-0.05, 0) is 54.1 Å². The first-order valence-corrected chi connectivity index (χ1v) is 11.9. The van der Waals surface area contributed by atoms with Crippen LogP contribution in [0.5, 0.6) is 5.75 Å². The first-order chi connectivity index (χ1) is 16.6. The molecule has 8 heteroatoms. The fourth-order valence-electron chi connectivity index (χ4n) is 3.40. The Bertz CT molecular complexity index is 1120. The number of nitrogens with zero attached hydrogens (tertiary/aromatic N) is 1. The number of thioether (sulfide) groups is 1. The molecule has 0 radical (unpaired) electrons. The molecule has 1 fully saturated rings. The second-order valence-corrected chi connectivity index (χ2v) is 8.69. The summed E-state index contributed by atoms with van der Waals surface area (Å²) in [6, 6.07) is 20.6. The number of hydrogen-bond donors (Lipinski definition) is 1. The number of amides is 2. The Morgan fingerprint density at radius 3 is 2.41 bits per heavy atom. The van der Waals surface area contributed by atoms with E-state index in [0.29, 0.717) is 49.1 Å². The van der Waals surface area contributed by atoms with Crippen molar-refractivity contribution in [2.45, 2.75) is 10.6 Å². The van der Waals surface area contributed by atoms with Gasteiger partial charge in [-0.2, -0.15) is 0 Å². The van der Waals surface area contributed by atoms with Crippen molar-refractivity contribution in [3.63, 3.8) is 0 Å². The molecule has 0 unspecified atom stereocenters. The molecule has 0 spiro atoms. The van der Waals surface area contributed by atoms with E-state index in [0.717, 1.165) is 10.5 Å². The van der Waals surface area contributed by atoms with Crippen LogP contribution in [0.25, 0.3) is 0 Å². The highest BCUT2D eigenvalue weighted by Gasteiger charge is 2.17. The number of benzene rings is 3. The molecule has 1 aliphatic rings. The van der Waals surface area contributed by atoms with Gasteiger partial charge >= 0.3 is 0 Å². The van der Waals surface area contributed by atoms with E-state index in [1.54, 1.807) is 47.4 Å². The van der Waals surface area contributed by atoms with Crippen molar-refractivity contribution < 1.29 is 23.5 Å². The summed E-state index contributed by atoms with van der Waals surface area (Å²) < 4.78 is 24.0. The van der Waals surface area contributed by atoms with Crippen LogP contribution in [0.3, 0.4) is 0 Å². The predicted octanol–water partition coefficient (Wildman–Crippen LogP) is 4.61. The van der Waals surface area contributed by atoms with Gasteiger partial charge in [0.1, 0.15) is 11.6 Å². The zero-order valence-electron chi connectivity index (χ0n) is 18.5. The SMILES string of the molecule is O=C(Nc1ccc(OCC(=O)N2CCOCC2)cc1)c1ccccc1SCc1ccc(F)cc1. The second-order valence-electron chi connectivity index (χ2n) is 7.67. The molecule has 2 amide bonds. The largest absolute Gasteiger partial charge is 0.484 e. The van der Waals surface area contributed by atoms with E-state index in [4.69, 9.17) is 9.47 Å². The topological polar surface area (TPSA) is 67.9 Å². The Balaban J connectivity index is 1.32. The van der Waals surface area contributed by atoms with Gasteiger partial charge < -0.3 is 19.7 Å². The first kappa shape index (κ1) is 23.8. The van der Waals surface area contributed by atoms with Crippen LogP contribution < -0.4 is 10.1 Å². The Morgan fingerprint density at radius 1 is 0.971 bits per heavy atom. The number of carbonyl (C=O) groups excluding carboxylic acids is 2. The summed E-state index contributed by atoms with van der Waals surface area (Å²) in [6.07, 6.45) is 0. The monoisotopic (exact) mass is 480 g/mol. The van der Waals surface area contributed by atoms with Crippen LogP contribution in [0.15, 0.2) is 77.7 Å². The smallest absolute Gasteiger partial charge is 0.260 e. The molecule has 0 atom stereocenters. The van der Waals surface area contributed by atoms with Crippen LogP contribution in [0.1, 0.15) is 15.9 Å².